The minimum absolute atomic E-state index is 0.158. The first-order valence-electron chi connectivity index (χ1n) is 15.3. The molecule has 1 aliphatic carbocycles. The summed E-state index contributed by atoms with van der Waals surface area (Å²) in [6.07, 6.45) is 30.4. The van der Waals surface area contributed by atoms with E-state index in [9.17, 15) is 9.59 Å². The highest BCUT2D eigenvalue weighted by Gasteiger charge is 2.40. The van der Waals surface area contributed by atoms with E-state index in [0.717, 1.165) is 29.6 Å². The number of esters is 1. The van der Waals surface area contributed by atoms with Crippen LogP contribution >= 0.6 is 0 Å². The van der Waals surface area contributed by atoms with Crippen LogP contribution in [0.5, 0.6) is 0 Å². The van der Waals surface area contributed by atoms with Gasteiger partial charge in [-0.1, -0.05) is 128 Å². The SMILES string of the molecule is CC=CC(C)=CC=CC(C)=CC=CC=C(C)C=CC=C(C)C=CC1=C(C)C(=O)C(OC(=O)C(N)CCCCN)CC1(C)C. The largest absolute Gasteiger partial charge is 0.453 e. The summed E-state index contributed by atoms with van der Waals surface area (Å²) in [6, 6.07) is -0.739. The number of carbonyl (C=O) groups is 2. The van der Waals surface area contributed by atoms with Crippen LogP contribution in [-0.4, -0.2) is 30.4 Å². The third-order valence-corrected chi connectivity index (χ3v) is 7.23. The van der Waals surface area contributed by atoms with E-state index >= 15 is 0 Å². The van der Waals surface area contributed by atoms with Crippen LogP contribution in [0.2, 0.25) is 0 Å². The molecule has 0 saturated heterocycles. The van der Waals surface area contributed by atoms with Gasteiger partial charge in [-0.05, 0) is 77.5 Å². The molecule has 0 aromatic heterocycles. The van der Waals surface area contributed by atoms with Gasteiger partial charge in [0.1, 0.15) is 6.04 Å². The molecule has 43 heavy (non-hydrogen) atoms. The van der Waals surface area contributed by atoms with Crippen LogP contribution in [0.4, 0.5) is 0 Å². The molecule has 2 unspecified atom stereocenters. The normalized spacial score (nSPS) is 20.1. The molecule has 0 aliphatic heterocycles. The lowest BCUT2D eigenvalue weighted by molar-refractivity contribution is -0.157. The van der Waals surface area contributed by atoms with Crippen molar-refractivity contribution in [1.29, 1.82) is 0 Å². The number of ether oxygens (including phenoxy) is 1. The number of carbonyl (C=O) groups excluding carboxylic acids is 2. The third-order valence-electron chi connectivity index (χ3n) is 7.23. The summed E-state index contributed by atoms with van der Waals surface area (Å²) in [7, 11) is 0. The van der Waals surface area contributed by atoms with Gasteiger partial charge in [-0.3, -0.25) is 9.59 Å². The number of nitrogens with two attached hydrogens (primary N) is 2. The van der Waals surface area contributed by atoms with E-state index < -0.39 is 18.1 Å². The highest BCUT2D eigenvalue weighted by Crippen LogP contribution is 2.40. The summed E-state index contributed by atoms with van der Waals surface area (Å²) in [5, 5.41) is 0. The highest BCUT2D eigenvalue weighted by atomic mass is 16.5. The molecule has 1 aliphatic rings. The van der Waals surface area contributed by atoms with Crippen LogP contribution in [0, 0.1) is 5.41 Å². The summed E-state index contributed by atoms with van der Waals surface area (Å²) in [5.74, 6) is -0.680. The summed E-state index contributed by atoms with van der Waals surface area (Å²) in [4.78, 5) is 25.6. The first-order valence-corrected chi connectivity index (χ1v) is 15.3. The van der Waals surface area contributed by atoms with Crippen molar-refractivity contribution in [2.45, 2.75) is 93.2 Å². The fourth-order valence-electron chi connectivity index (χ4n) is 4.67. The van der Waals surface area contributed by atoms with Gasteiger partial charge >= 0.3 is 5.97 Å². The van der Waals surface area contributed by atoms with Gasteiger partial charge in [-0.2, -0.15) is 0 Å². The molecule has 0 radical (unpaired) electrons. The van der Waals surface area contributed by atoms with Crippen LogP contribution in [0.3, 0.4) is 0 Å². The van der Waals surface area contributed by atoms with Crippen LogP contribution in [0.15, 0.2) is 119 Å². The van der Waals surface area contributed by atoms with Gasteiger partial charge in [-0.25, -0.2) is 0 Å². The lowest BCUT2D eigenvalue weighted by Crippen LogP contribution is -2.42. The molecular weight excluding hydrogens is 532 g/mol. The van der Waals surface area contributed by atoms with Crippen molar-refractivity contribution >= 4 is 11.8 Å². The summed E-state index contributed by atoms with van der Waals surface area (Å²) < 4.78 is 5.59. The molecule has 5 heteroatoms. The van der Waals surface area contributed by atoms with Gasteiger partial charge < -0.3 is 16.2 Å². The summed E-state index contributed by atoms with van der Waals surface area (Å²) in [6.45, 7) is 16.8. The maximum atomic E-state index is 13.1. The van der Waals surface area contributed by atoms with Crippen molar-refractivity contribution in [2.24, 2.45) is 16.9 Å². The van der Waals surface area contributed by atoms with Crippen molar-refractivity contribution in [3.05, 3.63) is 119 Å². The molecule has 0 heterocycles. The predicted molar refractivity (Wildman–Crippen MR) is 183 cm³/mol. The Morgan fingerprint density at radius 2 is 1.40 bits per heavy atom. The molecule has 0 aromatic carbocycles. The number of hydrogen-bond donors (Lipinski definition) is 2. The van der Waals surface area contributed by atoms with E-state index in [4.69, 9.17) is 16.2 Å². The molecule has 2 atom stereocenters. The Morgan fingerprint density at radius 1 is 0.884 bits per heavy atom. The zero-order valence-electron chi connectivity index (χ0n) is 27.7. The molecule has 0 bridgehead atoms. The lowest BCUT2D eigenvalue weighted by atomic mass is 9.71. The number of rotatable bonds is 15. The Morgan fingerprint density at radius 3 is 1.93 bits per heavy atom. The smallest absolute Gasteiger partial charge is 0.323 e. The number of Topliss-reactive ketones (excluding diaryl/α,β-unsaturated/α-hetero) is 1. The molecule has 0 fully saturated rings. The first-order chi connectivity index (χ1) is 20.3. The summed E-state index contributed by atoms with van der Waals surface area (Å²) >= 11 is 0. The van der Waals surface area contributed by atoms with E-state index in [-0.39, 0.29) is 11.2 Å². The monoisotopic (exact) mass is 586 g/mol. The van der Waals surface area contributed by atoms with Crippen molar-refractivity contribution in [3.63, 3.8) is 0 Å². The molecule has 0 spiro atoms. The Labute approximate surface area is 260 Å². The second-order valence-corrected chi connectivity index (χ2v) is 11.9. The molecule has 0 aromatic rings. The number of unbranched alkanes of at least 4 members (excludes halogenated alkanes) is 1. The zero-order chi connectivity index (χ0) is 32.4. The van der Waals surface area contributed by atoms with Crippen molar-refractivity contribution < 1.29 is 14.3 Å². The van der Waals surface area contributed by atoms with Gasteiger partial charge in [0.05, 0.1) is 0 Å². The standard InChI is InChI=1S/C38H54N2O3/c1-9-16-28(2)19-14-20-29(3)17-10-11-18-30(4)21-15-22-31(5)24-25-33-32(6)36(41)35(27-38(33,7)8)43-37(42)34(40)23-12-13-26-39/h9-11,14-22,24-25,34-35H,12-13,23,26-27,39-40H2,1-8H3. The zero-order valence-corrected chi connectivity index (χ0v) is 27.7. The fourth-order valence-corrected chi connectivity index (χ4v) is 4.67. The minimum atomic E-state index is -0.811. The average Bonchev–Trinajstić information content (AvgIpc) is 2.93. The van der Waals surface area contributed by atoms with Gasteiger partial charge in [0, 0.05) is 6.42 Å². The summed E-state index contributed by atoms with van der Waals surface area (Å²) in [5.41, 5.74) is 17.3. The molecule has 5 nitrogen and oxygen atoms in total. The quantitative estimate of drug-likeness (QED) is 0.114. The Kier molecular flexibility index (Phi) is 17.1. The number of ketones is 1. The van der Waals surface area contributed by atoms with E-state index in [1.165, 1.54) is 11.1 Å². The van der Waals surface area contributed by atoms with Crippen LogP contribution in [0.25, 0.3) is 0 Å². The second kappa shape index (κ2) is 19.6. The third kappa shape index (κ3) is 14.5. The van der Waals surface area contributed by atoms with Crippen LogP contribution in [0.1, 0.15) is 81.1 Å². The molecule has 0 saturated carbocycles. The van der Waals surface area contributed by atoms with Gasteiger partial charge in [0.15, 0.2) is 11.9 Å². The highest BCUT2D eigenvalue weighted by molar-refractivity contribution is 6.01. The molecule has 0 amide bonds. The predicted octanol–water partition coefficient (Wildman–Crippen LogP) is 8.26. The van der Waals surface area contributed by atoms with E-state index in [1.54, 1.807) is 0 Å². The van der Waals surface area contributed by atoms with Crippen molar-refractivity contribution in [2.75, 3.05) is 6.54 Å². The average molecular weight is 587 g/mol. The van der Waals surface area contributed by atoms with Crippen molar-refractivity contribution in [3.8, 4) is 0 Å². The van der Waals surface area contributed by atoms with E-state index in [1.807, 2.05) is 63.3 Å². The lowest BCUT2D eigenvalue weighted by Gasteiger charge is -2.36. The Balaban J connectivity index is 2.82. The van der Waals surface area contributed by atoms with Crippen LogP contribution in [-0.2, 0) is 14.3 Å². The first kappa shape index (κ1) is 37.5. The van der Waals surface area contributed by atoms with Gasteiger partial charge in [0.25, 0.3) is 0 Å². The van der Waals surface area contributed by atoms with Crippen molar-refractivity contribution in [1.82, 2.24) is 0 Å². The van der Waals surface area contributed by atoms with E-state index in [0.29, 0.717) is 25.0 Å². The maximum Gasteiger partial charge on any atom is 0.323 e. The van der Waals surface area contributed by atoms with E-state index in [2.05, 4.69) is 77.2 Å². The van der Waals surface area contributed by atoms with Gasteiger partial charge in [-0.15, -0.1) is 0 Å². The van der Waals surface area contributed by atoms with Crippen LogP contribution < -0.4 is 11.5 Å². The molecule has 1 rings (SSSR count). The number of hydrogen-bond acceptors (Lipinski definition) is 5. The maximum absolute atomic E-state index is 13.1. The Bertz CT molecular complexity index is 1260. The molecular formula is C38H54N2O3. The second-order valence-electron chi connectivity index (χ2n) is 11.9. The fraction of sp³-hybridized carbons (Fsp3) is 0.421. The van der Waals surface area contributed by atoms with Gasteiger partial charge in [0.2, 0.25) is 0 Å². The Hall–Kier alpha value is -3.54. The topological polar surface area (TPSA) is 95.4 Å². The molecule has 4 N–H and O–H groups in total. The molecule has 234 valence electrons. The number of allylic oxidation sites excluding steroid dienone is 19. The minimum Gasteiger partial charge on any atom is -0.453 e.